The van der Waals surface area contributed by atoms with Crippen molar-refractivity contribution >= 4 is 12.0 Å². The van der Waals surface area contributed by atoms with E-state index in [0.717, 1.165) is 12.8 Å². The van der Waals surface area contributed by atoms with Crippen LogP contribution in [0.3, 0.4) is 0 Å². The molecule has 1 aliphatic heterocycles. The SMILES string of the molecule is CC(C)(NC(=O)N1CCCC1CO)C(C)(C)C(=O)O. The number of amides is 2. The summed E-state index contributed by atoms with van der Waals surface area (Å²) in [7, 11) is 0. The van der Waals surface area contributed by atoms with Gasteiger partial charge in [0.1, 0.15) is 0 Å². The van der Waals surface area contributed by atoms with Gasteiger partial charge in [-0.3, -0.25) is 4.79 Å². The highest BCUT2D eigenvalue weighted by atomic mass is 16.4. The van der Waals surface area contributed by atoms with Crippen molar-refractivity contribution in [2.24, 2.45) is 5.41 Å². The third kappa shape index (κ3) is 3.00. The molecule has 1 heterocycles. The second-order valence-electron chi connectivity index (χ2n) is 6.16. The van der Waals surface area contributed by atoms with Crippen LogP contribution in [0.15, 0.2) is 0 Å². The zero-order valence-electron chi connectivity index (χ0n) is 12.1. The monoisotopic (exact) mass is 272 g/mol. The zero-order chi connectivity index (χ0) is 14.8. The lowest BCUT2D eigenvalue weighted by atomic mass is 9.74. The Labute approximate surface area is 113 Å². The van der Waals surface area contributed by atoms with Gasteiger partial charge in [-0.05, 0) is 40.5 Å². The number of aliphatic hydroxyl groups excluding tert-OH is 1. The van der Waals surface area contributed by atoms with Gasteiger partial charge in [-0.2, -0.15) is 0 Å². The Morgan fingerprint density at radius 1 is 1.32 bits per heavy atom. The summed E-state index contributed by atoms with van der Waals surface area (Å²) in [6, 6.07) is -0.473. The minimum absolute atomic E-state index is 0.0594. The molecule has 0 saturated carbocycles. The molecule has 2 amide bonds. The number of carboxylic acid groups (broad SMARTS) is 1. The Kier molecular flexibility index (Phi) is 4.45. The first kappa shape index (κ1) is 15.8. The van der Waals surface area contributed by atoms with E-state index in [-0.39, 0.29) is 18.7 Å². The molecule has 0 aromatic carbocycles. The topological polar surface area (TPSA) is 89.9 Å². The smallest absolute Gasteiger partial charge is 0.318 e. The van der Waals surface area contributed by atoms with Crippen molar-refractivity contribution in [1.29, 1.82) is 0 Å². The molecule has 110 valence electrons. The molecule has 0 spiro atoms. The average Bonchev–Trinajstić information content (AvgIpc) is 2.75. The third-order valence-electron chi connectivity index (χ3n) is 4.37. The molecule has 1 saturated heterocycles. The van der Waals surface area contributed by atoms with E-state index >= 15 is 0 Å². The number of nitrogens with one attached hydrogen (secondary N) is 1. The molecule has 0 aliphatic carbocycles. The van der Waals surface area contributed by atoms with Crippen LogP contribution in [0.4, 0.5) is 4.79 Å². The summed E-state index contributed by atoms with van der Waals surface area (Å²) in [6.07, 6.45) is 1.65. The fourth-order valence-electron chi connectivity index (χ4n) is 2.06. The highest BCUT2D eigenvalue weighted by molar-refractivity contribution is 5.80. The van der Waals surface area contributed by atoms with E-state index in [1.807, 2.05) is 0 Å². The van der Waals surface area contributed by atoms with Crippen LogP contribution in [0.5, 0.6) is 0 Å². The first-order valence-electron chi connectivity index (χ1n) is 6.56. The van der Waals surface area contributed by atoms with Crippen molar-refractivity contribution in [1.82, 2.24) is 10.2 Å². The van der Waals surface area contributed by atoms with Gasteiger partial charge < -0.3 is 20.4 Å². The van der Waals surface area contributed by atoms with Gasteiger partial charge >= 0.3 is 12.0 Å². The van der Waals surface area contributed by atoms with Crippen LogP contribution in [0.1, 0.15) is 40.5 Å². The van der Waals surface area contributed by atoms with Crippen molar-refractivity contribution in [2.45, 2.75) is 52.1 Å². The molecule has 0 aromatic heterocycles. The maximum Gasteiger partial charge on any atom is 0.318 e. The number of nitrogens with zero attached hydrogens (tertiary/aromatic N) is 1. The number of aliphatic carboxylic acids is 1. The maximum absolute atomic E-state index is 12.2. The van der Waals surface area contributed by atoms with Gasteiger partial charge in [0.25, 0.3) is 0 Å². The molecule has 3 N–H and O–H groups in total. The van der Waals surface area contributed by atoms with Gasteiger partial charge in [-0.15, -0.1) is 0 Å². The van der Waals surface area contributed by atoms with Crippen molar-refractivity contribution in [3.8, 4) is 0 Å². The lowest BCUT2D eigenvalue weighted by Crippen LogP contribution is -2.60. The number of aliphatic hydroxyl groups is 1. The van der Waals surface area contributed by atoms with Gasteiger partial charge in [-0.1, -0.05) is 0 Å². The molecule has 0 bridgehead atoms. The summed E-state index contributed by atoms with van der Waals surface area (Å²) in [5.41, 5.74) is -1.98. The van der Waals surface area contributed by atoms with Crippen molar-refractivity contribution in [2.75, 3.05) is 13.2 Å². The lowest BCUT2D eigenvalue weighted by Gasteiger charge is -2.40. The Hall–Kier alpha value is -1.30. The van der Waals surface area contributed by atoms with E-state index in [2.05, 4.69) is 5.32 Å². The van der Waals surface area contributed by atoms with E-state index in [9.17, 15) is 19.8 Å². The molecule has 1 unspecified atom stereocenters. The normalized spacial score (nSPS) is 20.5. The van der Waals surface area contributed by atoms with Crippen molar-refractivity contribution in [3.05, 3.63) is 0 Å². The fourth-order valence-corrected chi connectivity index (χ4v) is 2.06. The second-order valence-corrected chi connectivity index (χ2v) is 6.16. The summed E-state index contributed by atoms with van der Waals surface area (Å²) in [5.74, 6) is -0.960. The third-order valence-corrected chi connectivity index (χ3v) is 4.37. The summed E-state index contributed by atoms with van der Waals surface area (Å²) in [6.45, 7) is 7.11. The number of rotatable bonds is 4. The number of hydrogen-bond acceptors (Lipinski definition) is 3. The van der Waals surface area contributed by atoms with Gasteiger partial charge in [0.05, 0.1) is 23.6 Å². The minimum atomic E-state index is -1.09. The molecule has 1 atom stereocenters. The highest BCUT2D eigenvalue weighted by Gasteiger charge is 2.45. The van der Waals surface area contributed by atoms with Gasteiger partial charge in [-0.25, -0.2) is 4.79 Å². The average molecular weight is 272 g/mol. The van der Waals surface area contributed by atoms with Crippen molar-refractivity contribution < 1.29 is 19.8 Å². The number of urea groups is 1. The van der Waals surface area contributed by atoms with Crippen LogP contribution in [0.2, 0.25) is 0 Å². The molecule has 1 aliphatic rings. The predicted octanol–water partition coefficient (Wildman–Crippen LogP) is 1.04. The standard InChI is InChI=1S/C13H24N2O4/c1-12(2,10(17)18)13(3,4)14-11(19)15-7-5-6-9(15)8-16/h9,16H,5-8H2,1-4H3,(H,14,19)(H,17,18). The van der Waals surface area contributed by atoms with E-state index in [0.29, 0.717) is 6.54 Å². The van der Waals surface area contributed by atoms with Crippen LogP contribution in [0.25, 0.3) is 0 Å². The van der Waals surface area contributed by atoms with Crippen LogP contribution in [0, 0.1) is 5.41 Å². The number of hydrogen-bond donors (Lipinski definition) is 3. The first-order valence-corrected chi connectivity index (χ1v) is 6.56. The quantitative estimate of drug-likeness (QED) is 0.713. The first-order chi connectivity index (χ1) is 8.63. The Morgan fingerprint density at radius 2 is 1.89 bits per heavy atom. The van der Waals surface area contributed by atoms with E-state index < -0.39 is 16.9 Å². The molecule has 1 fully saturated rings. The number of carbonyl (C=O) groups is 2. The molecular formula is C13H24N2O4. The van der Waals surface area contributed by atoms with Gasteiger partial charge in [0, 0.05) is 6.54 Å². The maximum atomic E-state index is 12.2. The van der Waals surface area contributed by atoms with Crippen LogP contribution in [-0.2, 0) is 4.79 Å². The molecular weight excluding hydrogens is 248 g/mol. The molecule has 6 heteroatoms. The van der Waals surface area contributed by atoms with E-state index in [1.165, 1.54) is 0 Å². The van der Waals surface area contributed by atoms with Gasteiger partial charge in [0.15, 0.2) is 0 Å². The summed E-state index contributed by atoms with van der Waals surface area (Å²) >= 11 is 0. The number of carboxylic acids is 1. The molecule has 19 heavy (non-hydrogen) atoms. The molecule has 0 aromatic rings. The second kappa shape index (κ2) is 5.36. The molecule has 6 nitrogen and oxygen atoms in total. The number of likely N-dealkylation sites (tertiary alicyclic amines) is 1. The highest BCUT2D eigenvalue weighted by Crippen LogP contribution is 2.31. The Balaban J connectivity index is 2.78. The van der Waals surface area contributed by atoms with Crippen LogP contribution >= 0.6 is 0 Å². The zero-order valence-corrected chi connectivity index (χ0v) is 12.1. The Bertz CT molecular complexity index is 366. The van der Waals surface area contributed by atoms with E-state index in [1.54, 1.807) is 32.6 Å². The fraction of sp³-hybridized carbons (Fsp3) is 0.846. The molecule has 1 rings (SSSR count). The minimum Gasteiger partial charge on any atom is -0.481 e. The molecule has 0 radical (unpaired) electrons. The number of carbonyl (C=O) groups excluding carboxylic acids is 1. The summed E-state index contributed by atoms with van der Waals surface area (Å²) in [4.78, 5) is 25.1. The lowest BCUT2D eigenvalue weighted by molar-refractivity contribution is -0.150. The van der Waals surface area contributed by atoms with Crippen LogP contribution in [-0.4, -0.2) is 51.8 Å². The van der Waals surface area contributed by atoms with E-state index in [4.69, 9.17) is 0 Å². The largest absolute Gasteiger partial charge is 0.481 e. The van der Waals surface area contributed by atoms with Crippen LogP contribution < -0.4 is 5.32 Å². The summed E-state index contributed by atoms with van der Waals surface area (Å²) < 4.78 is 0. The predicted molar refractivity (Wildman–Crippen MR) is 70.8 cm³/mol. The van der Waals surface area contributed by atoms with Gasteiger partial charge in [0.2, 0.25) is 0 Å². The Morgan fingerprint density at radius 3 is 2.37 bits per heavy atom. The van der Waals surface area contributed by atoms with Crippen molar-refractivity contribution in [3.63, 3.8) is 0 Å². The summed E-state index contributed by atoms with van der Waals surface area (Å²) in [5, 5.41) is 21.2.